The van der Waals surface area contributed by atoms with Gasteiger partial charge < -0.3 is 14.4 Å². The molecule has 0 N–H and O–H groups in total. The van der Waals surface area contributed by atoms with E-state index in [1.807, 2.05) is 51.9 Å². The predicted molar refractivity (Wildman–Crippen MR) is 104 cm³/mol. The van der Waals surface area contributed by atoms with Crippen molar-refractivity contribution in [3.8, 4) is 0 Å². The summed E-state index contributed by atoms with van der Waals surface area (Å²) in [7, 11) is 1.96. The highest BCUT2D eigenvalue weighted by Gasteiger charge is 2.25. The zero-order valence-corrected chi connectivity index (χ0v) is 15.3. The van der Waals surface area contributed by atoms with Crippen molar-refractivity contribution in [2.75, 3.05) is 26.2 Å². The fraction of sp³-hybridized carbons (Fsp3) is 0.286. The Bertz CT molecular complexity index is 980. The van der Waals surface area contributed by atoms with E-state index in [-0.39, 0.29) is 11.8 Å². The average Bonchev–Trinajstić information content (AvgIpc) is 2.89. The van der Waals surface area contributed by atoms with Crippen LogP contribution in [0.3, 0.4) is 0 Å². The van der Waals surface area contributed by atoms with Gasteiger partial charge in [-0.1, -0.05) is 18.2 Å². The number of pyridine rings is 1. The molecular formula is C21H22N4O2. The molecule has 0 atom stereocenters. The molecule has 1 aromatic carbocycles. The minimum atomic E-state index is -0.00291. The highest BCUT2D eigenvalue weighted by molar-refractivity contribution is 6.07. The minimum absolute atomic E-state index is 0.00291. The zero-order valence-electron chi connectivity index (χ0n) is 15.3. The molecule has 3 heterocycles. The fourth-order valence-corrected chi connectivity index (χ4v) is 3.68. The van der Waals surface area contributed by atoms with Crippen LogP contribution in [-0.2, 0) is 7.05 Å². The van der Waals surface area contributed by atoms with Crippen LogP contribution < -0.4 is 0 Å². The summed E-state index contributed by atoms with van der Waals surface area (Å²) in [6, 6.07) is 11.4. The molecule has 138 valence electrons. The van der Waals surface area contributed by atoms with E-state index < -0.39 is 0 Å². The highest BCUT2D eigenvalue weighted by Crippen LogP contribution is 2.22. The van der Waals surface area contributed by atoms with E-state index in [0.29, 0.717) is 31.7 Å². The van der Waals surface area contributed by atoms with Crippen molar-refractivity contribution < 1.29 is 9.59 Å². The van der Waals surface area contributed by atoms with Gasteiger partial charge in [0.1, 0.15) is 0 Å². The summed E-state index contributed by atoms with van der Waals surface area (Å²) in [6.07, 6.45) is 5.92. The Labute approximate surface area is 158 Å². The molecular weight excluding hydrogens is 340 g/mol. The molecule has 0 aliphatic carbocycles. The van der Waals surface area contributed by atoms with Gasteiger partial charge >= 0.3 is 0 Å². The Hall–Kier alpha value is -3.15. The van der Waals surface area contributed by atoms with E-state index in [2.05, 4.69) is 4.98 Å². The maximum Gasteiger partial charge on any atom is 0.256 e. The molecule has 1 saturated heterocycles. The number of fused-ring (bicyclic) bond motifs is 1. The van der Waals surface area contributed by atoms with Crippen molar-refractivity contribution in [1.82, 2.24) is 19.4 Å². The second-order valence-corrected chi connectivity index (χ2v) is 6.84. The van der Waals surface area contributed by atoms with E-state index in [4.69, 9.17) is 0 Å². The lowest BCUT2D eigenvalue weighted by molar-refractivity contribution is 0.0719. The number of nitrogens with zero attached hydrogens (tertiary/aromatic N) is 4. The number of benzene rings is 1. The van der Waals surface area contributed by atoms with Crippen LogP contribution in [0.2, 0.25) is 0 Å². The molecule has 6 nitrogen and oxygen atoms in total. The third-order valence-electron chi connectivity index (χ3n) is 5.12. The maximum atomic E-state index is 13.1. The van der Waals surface area contributed by atoms with Crippen LogP contribution in [0.1, 0.15) is 27.1 Å². The lowest BCUT2D eigenvalue weighted by Gasteiger charge is -2.22. The SMILES string of the molecule is Cn1cc(C(=O)N2CCCN(C(=O)c3ccncc3)CC2)c2ccccc21. The third-order valence-corrected chi connectivity index (χ3v) is 5.12. The largest absolute Gasteiger partial charge is 0.350 e. The van der Waals surface area contributed by atoms with Crippen LogP contribution in [0.4, 0.5) is 0 Å². The number of hydrogen-bond donors (Lipinski definition) is 0. The zero-order chi connectivity index (χ0) is 18.8. The van der Waals surface area contributed by atoms with Crippen molar-refractivity contribution in [2.24, 2.45) is 7.05 Å². The Balaban J connectivity index is 1.51. The molecule has 0 unspecified atom stereocenters. The summed E-state index contributed by atoms with van der Waals surface area (Å²) in [4.78, 5) is 33.4. The number of aromatic nitrogens is 2. The van der Waals surface area contributed by atoms with Gasteiger partial charge in [-0.3, -0.25) is 14.6 Å². The van der Waals surface area contributed by atoms with Gasteiger partial charge in [0.15, 0.2) is 0 Å². The molecule has 3 aromatic rings. The molecule has 27 heavy (non-hydrogen) atoms. The van der Waals surface area contributed by atoms with Crippen LogP contribution in [0.25, 0.3) is 10.9 Å². The third kappa shape index (κ3) is 3.30. The predicted octanol–water partition coefficient (Wildman–Crippen LogP) is 2.56. The molecule has 0 spiro atoms. The summed E-state index contributed by atoms with van der Waals surface area (Å²) in [5.74, 6) is 0.0295. The number of para-hydroxylation sites is 1. The topological polar surface area (TPSA) is 58.4 Å². The standard InChI is InChI=1S/C21H22N4O2/c1-23-15-18(17-5-2-3-6-19(17)23)21(27)25-12-4-11-24(13-14-25)20(26)16-7-9-22-10-8-16/h2-3,5-10,15H,4,11-14H2,1H3. The molecule has 1 fully saturated rings. The lowest BCUT2D eigenvalue weighted by Crippen LogP contribution is -2.37. The number of amides is 2. The molecule has 1 aliphatic rings. The van der Waals surface area contributed by atoms with Gasteiger partial charge in [0.05, 0.1) is 5.56 Å². The van der Waals surface area contributed by atoms with Crippen molar-refractivity contribution in [3.63, 3.8) is 0 Å². The van der Waals surface area contributed by atoms with Gasteiger partial charge in [0.25, 0.3) is 11.8 Å². The second kappa shape index (κ2) is 7.23. The first-order chi connectivity index (χ1) is 13.1. The molecule has 1 aliphatic heterocycles. The lowest BCUT2D eigenvalue weighted by atomic mass is 10.1. The number of carbonyl (C=O) groups excluding carboxylic acids is 2. The molecule has 6 heteroatoms. The molecule has 0 saturated carbocycles. The number of aryl methyl sites for hydroxylation is 1. The quantitative estimate of drug-likeness (QED) is 0.704. The van der Waals surface area contributed by atoms with Gasteiger partial charge in [-0.05, 0) is 24.6 Å². The first-order valence-corrected chi connectivity index (χ1v) is 9.18. The summed E-state index contributed by atoms with van der Waals surface area (Å²) < 4.78 is 1.99. The molecule has 0 radical (unpaired) electrons. The molecule has 4 rings (SSSR count). The monoisotopic (exact) mass is 362 g/mol. The Morgan fingerprint density at radius 3 is 2.30 bits per heavy atom. The van der Waals surface area contributed by atoms with E-state index in [1.165, 1.54) is 0 Å². The minimum Gasteiger partial charge on any atom is -0.350 e. The van der Waals surface area contributed by atoms with Crippen LogP contribution in [0.5, 0.6) is 0 Å². The number of carbonyl (C=O) groups is 2. The average molecular weight is 362 g/mol. The molecule has 2 aromatic heterocycles. The molecule has 2 amide bonds. The van der Waals surface area contributed by atoms with Gasteiger partial charge in [-0.2, -0.15) is 0 Å². The summed E-state index contributed by atoms with van der Waals surface area (Å²) in [5.41, 5.74) is 2.41. The summed E-state index contributed by atoms with van der Waals surface area (Å²) in [6.45, 7) is 2.39. The normalized spacial score (nSPS) is 15.0. The van der Waals surface area contributed by atoms with Crippen LogP contribution >= 0.6 is 0 Å². The van der Waals surface area contributed by atoms with Gasteiger partial charge in [-0.15, -0.1) is 0 Å². The Morgan fingerprint density at radius 1 is 0.889 bits per heavy atom. The van der Waals surface area contributed by atoms with Crippen LogP contribution in [0.15, 0.2) is 55.0 Å². The van der Waals surface area contributed by atoms with Crippen molar-refractivity contribution in [1.29, 1.82) is 0 Å². The first-order valence-electron chi connectivity index (χ1n) is 9.18. The summed E-state index contributed by atoms with van der Waals surface area (Å²) in [5, 5.41) is 0.971. The van der Waals surface area contributed by atoms with Gasteiger partial charge in [-0.25, -0.2) is 0 Å². The van der Waals surface area contributed by atoms with Gasteiger partial charge in [0, 0.05) is 68.3 Å². The van der Waals surface area contributed by atoms with Crippen molar-refractivity contribution >= 4 is 22.7 Å². The summed E-state index contributed by atoms with van der Waals surface area (Å²) >= 11 is 0. The van der Waals surface area contributed by atoms with Crippen LogP contribution in [0, 0.1) is 0 Å². The van der Waals surface area contributed by atoms with E-state index in [9.17, 15) is 9.59 Å². The number of hydrogen-bond acceptors (Lipinski definition) is 3. The van der Waals surface area contributed by atoms with Crippen LogP contribution in [-0.4, -0.2) is 57.3 Å². The van der Waals surface area contributed by atoms with E-state index in [1.54, 1.807) is 24.5 Å². The highest BCUT2D eigenvalue weighted by atomic mass is 16.2. The molecule has 0 bridgehead atoms. The maximum absolute atomic E-state index is 13.1. The number of rotatable bonds is 2. The Kier molecular flexibility index (Phi) is 4.62. The first kappa shape index (κ1) is 17.3. The van der Waals surface area contributed by atoms with E-state index in [0.717, 1.165) is 22.9 Å². The van der Waals surface area contributed by atoms with Crippen molar-refractivity contribution in [3.05, 3.63) is 66.1 Å². The van der Waals surface area contributed by atoms with Gasteiger partial charge in [0.2, 0.25) is 0 Å². The smallest absolute Gasteiger partial charge is 0.256 e. The Morgan fingerprint density at radius 2 is 1.56 bits per heavy atom. The van der Waals surface area contributed by atoms with E-state index >= 15 is 0 Å². The van der Waals surface area contributed by atoms with Crippen molar-refractivity contribution in [2.45, 2.75) is 6.42 Å². The fourth-order valence-electron chi connectivity index (χ4n) is 3.68. The second-order valence-electron chi connectivity index (χ2n) is 6.84.